The number of likely N-dealkylation sites (N-methyl/N-ethyl adjacent to an activating group) is 1. The first-order chi connectivity index (χ1) is 11.4. The molecule has 126 valence electrons. The highest BCUT2D eigenvalue weighted by molar-refractivity contribution is 5.98. The molecule has 1 heterocycles. The Bertz CT molecular complexity index is 745. The predicted molar refractivity (Wildman–Crippen MR) is 98.4 cm³/mol. The van der Waals surface area contributed by atoms with E-state index in [0.717, 1.165) is 22.8 Å². The Morgan fingerprint density at radius 3 is 2.38 bits per heavy atom. The number of carbonyl (C=O) groups is 1. The van der Waals surface area contributed by atoms with Crippen molar-refractivity contribution in [3.8, 4) is 5.75 Å². The number of rotatable bonds is 3. The van der Waals surface area contributed by atoms with Crippen molar-refractivity contribution in [1.82, 2.24) is 0 Å². The number of fused-ring (bicyclic) bond motifs is 1. The summed E-state index contributed by atoms with van der Waals surface area (Å²) in [6.45, 7) is 9.34. The van der Waals surface area contributed by atoms with Crippen molar-refractivity contribution in [2.45, 2.75) is 33.1 Å². The van der Waals surface area contributed by atoms with E-state index in [4.69, 9.17) is 4.74 Å². The second-order valence-electron chi connectivity index (χ2n) is 7.06. The van der Waals surface area contributed by atoms with Crippen LogP contribution < -0.4 is 15.0 Å². The van der Waals surface area contributed by atoms with Gasteiger partial charge in [-0.25, -0.2) is 0 Å². The Labute approximate surface area is 143 Å². The van der Waals surface area contributed by atoms with Crippen molar-refractivity contribution < 1.29 is 9.53 Å². The summed E-state index contributed by atoms with van der Waals surface area (Å²) in [6.07, 6.45) is 0. The topological polar surface area (TPSA) is 41.6 Å². The van der Waals surface area contributed by atoms with Crippen molar-refractivity contribution in [3.63, 3.8) is 0 Å². The average Bonchev–Trinajstić information content (AvgIpc) is 2.54. The zero-order valence-corrected chi connectivity index (χ0v) is 14.7. The Morgan fingerprint density at radius 1 is 1.08 bits per heavy atom. The van der Waals surface area contributed by atoms with Gasteiger partial charge in [0.25, 0.3) is 5.91 Å². The number of nitrogens with zero attached hydrogens (tertiary/aromatic N) is 1. The van der Waals surface area contributed by atoms with Crippen LogP contribution in [-0.2, 0) is 10.2 Å². The minimum atomic E-state index is 0.00322. The minimum absolute atomic E-state index is 0.00322. The number of carbonyl (C=O) groups excluding carboxylic acids is 1. The minimum Gasteiger partial charge on any atom is -0.481 e. The van der Waals surface area contributed by atoms with Gasteiger partial charge in [0.15, 0.2) is 6.61 Å². The van der Waals surface area contributed by atoms with Crippen molar-refractivity contribution in [2.75, 3.05) is 23.4 Å². The maximum absolute atomic E-state index is 11.9. The molecule has 0 unspecified atom stereocenters. The van der Waals surface area contributed by atoms with Gasteiger partial charge < -0.3 is 15.0 Å². The molecule has 2 aromatic rings. The third-order valence-electron chi connectivity index (χ3n) is 4.26. The molecule has 0 saturated carbocycles. The molecule has 3 rings (SSSR count). The molecule has 0 atom stereocenters. The lowest BCUT2D eigenvalue weighted by atomic mass is 9.87. The average molecular weight is 324 g/mol. The molecule has 24 heavy (non-hydrogen) atoms. The molecule has 0 aromatic heterocycles. The van der Waals surface area contributed by atoms with E-state index in [9.17, 15) is 4.79 Å². The summed E-state index contributed by atoms with van der Waals surface area (Å²) in [4.78, 5) is 13.6. The summed E-state index contributed by atoms with van der Waals surface area (Å²) >= 11 is 0. The van der Waals surface area contributed by atoms with Crippen LogP contribution >= 0.6 is 0 Å². The molecule has 0 saturated heterocycles. The van der Waals surface area contributed by atoms with Crippen LogP contribution in [0.5, 0.6) is 5.75 Å². The quantitative estimate of drug-likeness (QED) is 0.905. The van der Waals surface area contributed by atoms with E-state index in [0.29, 0.717) is 6.54 Å². The Hall–Kier alpha value is -2.49. The van der Waals surface area contributed by atoms with Crippen LogP contribution in [0.2, 0.25) is 0 Å². The molecule has 1 amide bonds. The molecular weight excluding hydrogens is 300 g/mol. The van der Waals surface area contributed by atoms with Crippen molar-refractivity contribution in [2.24, 2.45) is 0 Å². The van der Waals surface area contributed by atoms with Gasteiger partial charge in [-0.2, -0.15) is 0 Å². The van der Waals surface area contributed by atoms with E-state index < -0.39 is 0 Å². The predicted octanol–water partition coefficient (Wildman–Crippen LogP) is 4.47. The SMILES string of the molecule is CCN1C(=O)COc2cc(Nc3ccc(C(C)(C)C)cc3)ccc21. The van der Waals surface area contributed by atoms with Crippen LogP contribution in [-0.4, -0.2) is 19.1 Å². The third kappa shape index (κ3) is 3.23. The van der Waals surface area contributed by atoms with Gasteiger partial charge in [0.05, 0.1) is 5.69 Å². The molecule has 2 aromatic carbocycles. The van der Waals surface area contributed by atoms with Gasteiger partial charge >= 0.3 is 0 Å². The second kappa shape index (κ2) is 6.19. The van der Waals surface area contributed by atoms with E-state index in [1.165, 1.54) is 5.56 Å². The molecule has 1 aliphatic rings. The third-order valence-corrected chi connectivity index (χ3v) is 4.26. The van der Waals surface area contributed by atoms with E-state index in [1.54, 1.807) is 4.90 Å². The van der Waals surface area contributed by atoms with Gasteiger partial charge in [-0.05, 0) is 42.2 Å². The summed E-state index contributed by atoms with van der Waals surface area (Å²) in [5, 5.41) is 3.39. The monoisotopic (exact) mass is 324 g/mol. The molecule has 1 N–H and O–H groups in total. The van der Waals surface area contributed by atoms with Gasteiger partial charge in [-0.3, -0.25) is 4.79 Å². The fourth-order valence-electron chi connectivity index (χ4n) is 2.85. The molecule has 0 radical (unpaired) electrons. The molecule has 4 heteroatoms. The Kier molecular flexibility index (Phi) is 4.22. The summed E-state index contributed by atoms with van der Waals surface area (Å²) < 4.78 is 5.58. The number of nitrogens with one attached hydrogen (secondary N) is 1. The van der Waals surface area contributed by atoms with Crippen LogP contribution in [0.1, 0.15) is 33.3 Å². The molecule has 0 spiro atoms. The number of benzene rings is 2. The number of amides is 1. The number of hydrogen-bond donors (Lipinski definition) is 1. The van der Waals surface area contributed by atoms with Crippen molar-refractivity contribution >= 4 is 23.0 Å². The molecule has 1 aliphatic heterocycles. The highest BCUT2D eigenvalue weighted by Gasteiger charge is 2.24. The lowest BCUT2D eigenvalue weighted by Crippen LogP contribution is -2.38. The van der Waals surface area contributed by atoms with Crippen LogP contribution in [0.4, 0.5) is 17.1 Å². The molecule has 0 aliphatic carbocycles. The number of hydrogen-bond acceptors (Lipinski definition) is 3. The van der Waals surface area contributed by atoms with Gasteiger partial charge in [0.1, 0.15) is 5.75 Å². The van der Waals surface area contributed by atoms with E-state index in [-0.39, 0.29) is 17.9 Å². The van der Waals surface area contributed by atoms with Crippen LogP contribution in [0, 0.1) is 0 Å². The number of anilines is 3. The first-order valence-electron chi connectivity index (χ1n) is 8.33. The largest absolute Gasteiger partial charge is 0.481 e. The Morgan fingerprint density at radius 2 is 1.75 bits per heavy atom. The highest BCUT2D eigenvalue weighted by atomic mass is 16.5. The smallest absolute Gasteiger partial charge is 0.265 e. The zero-order valence-electron chi connectivity index (χ0n) is 14.7. The molecule has 4 nitrogen and oxygen atoms in total. The van der Waals surface area contributed by atoms with Gasteiger partial charge in [0, 0.05) is 24.0 Å². The van der Waals surface area contributed by atoms with Gasteiger partial charge in [-0.1, -0.05) is 32.9 Å². The normalized spacial score (nSPS) is 14.2. The van der Waals surface area contributed by atoms with Crippen LogP contribution in [0.3, 0.4) is 0 Å². The molecular formula is C20H24N2O2. The van der Waals surface area contributed by atoms with E-state index in [2.05, 4.69) is 50.4 Å². The lowest BCUT2D eigenvalue weighted by Gasteiger charge is -2.28. The maximum atomic E-state index is 11.9. The summed E-state index contributed by atoms with van der Waals surface area (Å²) in [7, 11) is 0. The standard InChI is InChI=1S/C20H24N2O2/c1-5-22-17-11-10-16(12-18(17)24-13-19(22)23)21-15-8-6-14(7-9-15)20(2,3)4/h6-12,21H,5,13H2,1-4H3. The molecule has 0 fully saturated rings. The fraction of sp³-hybridized carbons (Fsp3) is 0.350. The van der Waals surface area contributed by atoms with Crippen molar-refractivity contribution in [3.05, 3.63) is 48.0 Å². The van der Waals surface area contributed by atoms with E-state index in [1.807, 2.05) is 25.1 Å². The lowest BCUT2D eigenvalue weighted by molar-refractivity contribution is -0.121. The highest BCUT2D eigenvalue weighted by Crippen LogP contribution is 2.35. The van der Waals surface area contributed by atoms with Gasteiger partial charge in [0.2, 0.25) is 0 Å². The van der Waals surface area contributed by atoms with Crippen LogP contribution in [0.15, 0.2) is 42.5 Å². The number of ether oxygens (including phenoxy) is 1. The zero-order chi connectivity index (χ0) is 17.3. The first-order valence-corrected chi connectivity index (χ1v) is 8.33. The summed E-state index contributed by atoms with van der Waals surface area (Å²) in [6, 6.07) is 14.3. The van der Waals surface area contributed by atoms with Gasteiger partial charge in [-0.15, -0.1) is 0 Å². The Balaban J connectivity index is 1.81. The van der Waals surface area contributed by atoms with Crippen LogP contribution in [0.25, 0.3) is 0 Å². The maximum Gasteiger partial charge on any atom is 0.265 e. The molecule has 0 bridgehead atoms. The summed E-state index contributed by atoms with van der Waals surface area (Å²) in [5.41, 5.74) is 4.26. The van der Waals surface area contributed by atoms with Crippen molar-refractivity contribution in [1.29, 1.82) is 0 Å². The fourth-order valence-corrected chi connectivity index (χ4v) is 2.85. The first kappa shape index (κ1) is 16.4. The van der Waals surface area contributed by atoms with E-state index >= 15 is 0 Å². The summed E-state index contributed by atoms with van der Waals surface area (Å²) in [5.74, 6) is 0.747. The second-order valence-corrected chi connectivity index (χ2v) is 7.06.